The quantitative estimate of drug-likeness (QED) is 0.587. The third kappa shape index (κ3) is 1.41. The molecule has 78 valence electrons. The van der Waals surface area contributed by atoms with E-state index in [1.54, 1.807) is 0 Å². The van der Waals surface area contributed by atoms with E-state index in [-0.39, 0.29) is 36.1 Å². The first-order chi connectivity index (χ1) is 6.61. The number of ketones is 1. The summed E-state index contributed by atoms with van der Waals surface area (Å²) in [7, 11) is 0. The van der Waals surface area contributed by atoms with Crippen LogP contribution in [0.3, 0.4) is 0 Å². The molecule has 3 nitrogen and oxygen atoms in total. The van der Waals surface area contributed by atoms with Gasteiger partial charge in [0, 0.05) is 11.8 Å². The lowest BCUT2D eigenvalue weighted by Gasteiger charge is -2.41. The van der Waals surface area contributed by atoms with Gasteiger partial charge in [-0.25, -0.2) is 0 Å². The Morgan fingerprint density at radius 2 is 2.00 bits per heavy atom. The summed E-state index contributed by atoms with van der Waals surface area (Å²) in [6.45, 7) is 4.11. The zero-order valence-corrected chi connectivity index (χ0v) is 8.51. The Kier molecular flexibility index (Phi) is 2.45. The van der Waals surface area contributed by atoms with Crippen LogP contribution in [0, 0.1) is 23.7 Å². The molecular weight excluding hydrogens is 180 g/mol. The highest BCUT2D eigenvalue weighted by Gasteiger charge is 2.44. The van der Waals surface area contributed by atoms with Crippen molar-refractivity contribution in [2.75, 3.05) is 6.61 Å². The van der Waals surface area contributed by atoms with E-state index in [0.29, 0.717) is 0 Å². The number of fused-ring (bicyclic) bond motifs is 1. The van der Waals surface area contributed by atoms with Crippen molar-refractivity contribution in [3.8, 4) is 0 Å². The maximum atomic E-state index is 11.7. The van der Waals surface area contributed by atoms with Crippen LogP contribution in [0.25, 0.3) is 0 Å². The SMILES string of the molecule is CC1C=CC(C)C2C(O)OCC(=O)C12. The van der Waals surface area contributed by atoms with Crippen molar-refractivity contribution in [1.29, 1.82) is 0 Å². The lowest BCUT2D eigenvalue weighted by Crippen LogP contribution is -2.49. The molecule has 2 aliphatic rings. The van der Waals surface area contributed by atoms with Gasteiger partial charge in [-0.05, 0) is 11.8 Å². The number of rotatable bonds is 0. The summed E-state index contributed by atoms with van der Waals surface area (Å²) in [5.74, 6) is 0.455. The fourth-order valence-corrected chi connectivity index (χ4v) is 2.60. The van der Waals surface area contributed by atoms with Crippen LogP contribution in [0.15, 0.2) is 12.2 Å². The second-order valence-electron chi connectivity index (χ2n) is 4.37. The first-order valence-corrected chi connectivity index (χ1v) is 5.12. The Morgan fingerprint density at radius 3 is 2.64 bits per heavy atom. The molecule has 2 rings (SSSR count). The third-order valence-electron chi connectivity index (χ3n) is 3.40. The zero-order chi connectivity index (χ0) is 10.3. The van der Waals surface area contributed by atoms with Crippen molar-refractivity contribution in [2.24, 2.45) is 23.7 Å². The fraction of sp³-hybridized carbons (Fsp3) is 0.727. The number of hydrogen-bond donors (Lipinski definition) is 1. The summed E-state index contributed by atoms with van der Waals surface area (Å²) >= 11 is 0. The standard InChI is InChI=1S/C11H16O3/c1-6-3-4-7(2)10-9(6)8(12)5-14-11(10)13/h3-4,6-7,9-11,13H,5H2,1-2H3. The molecule has 5 atom stereocenters. The van der Waals surface area contributed by atoms with Crippen LogP contribution < -0.4 is 0 Å². The molecule has 0 aromatic rings. The Balaban J connectivity index is 2.31. The number of hydrogen-bond acceptors (Lipinski definition) is 3. The lowest BCUT2D eigenvalue weighted by molar-refractivity contribution is -0.195. The van der Waals surface area contributed by atoms with Gasteiger partial charge in [0.05, 0.1) is 0 Å². The normalized spacial score (nSPS) is 47.6. The number of allylic oxidation sites excluding steroid dienone is 2. The predicted molar refractivity (Wildman–Crippen MR) is 51.4 cm³/mol. The molecule has 1 fully saturated rings. The minimum absolute atomic E-state index is 0.0567. The Morgan fingerprint density at radius 1 is 1.36 bits per heavy atom. The second kappa shape index (κ2) is 3.48. The Hall–Kier alpha value is -0.670. The second-order valence-corrected chi connectivity index (χ2v) is 4.37. The zero-order valence-electron chi connectivity index (χ0n) is 8.51. The summed E-state index contributed by atoms with van der Waals surface area (Å²) in [5.41, 5.74) is 0. The highest BCUT2D eigenvalue weighted by Crippen LogP contribution is 2.39. The molecule has 1 saturated heterocycles. The van der Waals surface area contributed by atoms with Crippen molar-refractivity contribution in [3.05, 3.63) is 12.2 Å². The van der Waals surface area contributed by atoms with Crippen LogP contribution in [0.5, 0.6) is 0 Å². The number of aliphatic hydroxyl groups excluding tert-OH is 1. The van der Waals surface area contributed by atoms with E-state index in [2.05, 4.69) is 12.2 Å². The molecule has 14 heavy (non-hydrogen) atoms. The molecule has 0 saturated carbocycles. The van der Waals surface area contributed by atoms with E-state index in [9.17, 15) is 9.90 Å². The van der Waals surface area contributed by atoms with Crippen LogP contribution >= 0.6 is 0 Å². The maximum Gasteiger partial charge on any atom is 0.162 e. The minimum atomic E-state index is -0.778. The first kappa shape index (κ1) is 9.87. The molecule has 0 aromatic carbocycles. The molecule has 1 aliphatic carbocycles. The van der Waals surface area contributed by atoms with Gasteiger partial charge in [0.1, 0.15) is 6.61 Å². The summed E-state index contributed by atoms with van der Waals surface area (Å²) in [6, 6.07) is 0. The van der Waals surface area contributed by atoms with Crippen molar-refractivity contribution in [2.45, 2.75) is 20.1 Å². The molecule has 0 aromatic heterocycles. The molecule has 1 aliphatic heterocycles. The average Bonchev–Trinajstić information content (AvgIpc) is 2.16. The number of Topliss-reactive ketones (excluding diaryl/α,β-unsaturated/α-hetero) is 1. The van der Waals surface area contributed by atoms with Gasteiger partial charge in [-0.2, -0.15) is 0 Å². The van der Waals surface area contributed by atoms with E-state index in [4.69, 9.17) is 4.74 Å². The van der Waals surface area contributed by atoms with Gasteiger partial charge >= 0.3 is 0 Å². The molecule has 1 N–H and O–H groups in total. The highest BCUT2D eigenvalue weighted by atomic mass is 16.6. The first-order valence-electron chi connectivity index (χ1n) is 5.12. The number of aliphatic hydroxyl groups is 1. The summed E-state index contributed by atoms with van der Waals surface area (Å²) < 4.78 is 5.05. The predicted octanol–water partition coefficient (Wildman–Crippen LogP) is 0.978. The molecule has 3 heteroatoms. The van der Waals surface area contributed by atoms with Crippen molar-refractivity contribution in [1.82, 2.24) is 0 Å². The molecule has 1 heterocycles. The van der Waals surface area contributed by atoms with E-state index in [1.807, 2.05) is 13.8 Å². The molecule has 0 bridgehead atoms. The summed E-state index contributed by atoms with van der Waals surface area (Å²) in [5, 5.41) is 9.70. The average molecular weight is 196 g/mol. The minimum Gasteiger partial charge on any atom is -0.368 e. The molecule has 5 unspecified atom stereocenters. The number of carbonyl (C=O) groups is 1. The highest BCUT2D eigenvalue weighted by molar-refractivity contribution is 5.84. The van der Waals surface area contributed by atoms with Gasteiger partial charge in [-0.1, -0.05) is 26.0 Å². The lowest BCUT2D eigenvalue weighted by atomic mass is 9.68. The maximum absolute atomic E-state index is 11.7. The summed E-state index contributed by atoms with van der Waals surface area (Å²) in [4.78, 5) is 11.7. The van der Waals surface area contributed by atoms with Crippen molar-refractivity contribution < 1.29 is 14.6 Å². The topological polar surface area (TPSA) is 46.5 Å². The van der Waals surface area contributed by atoms with E-state index in [1.165, 1.54) is 0 Å². The monoisotopic (exact) mass is 196 g/mol. The van der Waals surface area contributed by atoms with E-state index in [0.717, 1.165) is 0 Å². The smallest absolute Gasteiger partial charge is 0.162 e. The molecular formula is C11H16O3. The van der Waals surface area contributed by atoms with Crippen molar-refractivity contribution >= 4 is 5.78 Å². The number of ether oxygens (including phenoxy) is 1. The summed E-state index contributed by atoms with van der Waals surface area (Å²) in [6.07, 6.45) is 3.36. The van der Waals surface area contributed by atoms with E-state index < -0.39 is 6.29 Å². The van der Waals surface area contributed by atoms with Gasteiger partial charge in [0.15, 0.2) is 12.1 Å². The molecule has 0 amide bonds. The van der Waals surface area contributed by atoms with Crippen LogP contribution in [0.4, 0.5) is 0 Å². The van der Waals surface area contributed by atoms with E-state index >= 15 is 0 Å². The fourth-order valence-electron chi connectivity index (χ4n) is 2.60. The van der Waals surface area contributed by atoms with Crippen molar-refractivity contribution in [3.63, 3.8) is 0 Å². The third-order valence-corrected chi connectivity index (χ3v) is 3.40. The van der Waals surface area contributed by atoms with Crippen LogP contribution in [0.1, 0.15) is 13.8 Å². The van der Waals surface area contributed by atoms with Gasteiger partial charge in [-0.3, -0.25) is 4.79 Å². The number of carbonyl (C=O) groups excluding carboxylic acids is 1. The van der Waals surface area contributed by atoms with Crippen LogP contribution in [-0.2, 0) is 9.53 Å². The van der Waals surface area contributed by atoms with Gasteiger partial charge in [-0.15, -0.1) is 0 Å². The Labute approximate surface area is 83.8 Å². The van der Waals surface area contributed by atoms with Crippen LogP contribution in [-0.4, -0.2) is 23.8 Å². The van der Waals surface area contributed by atoms with Gasteiger partial charge < -0.3 is 9.84 Å². The van der Waals surface area contributed by atoms with Gasteiger partial charge in [0.25, 0.3) is 0 Å². The largest absolute Gasteiger partial charge is 0.368 e. The Bertz CT molecular complexity index is 272. The molecule has 0 radical (unpaired) electrons. The molecule has 0 spiro atoms. The van der Waals surface area contributed by atoms with Gasteiger partial charge in [0.2, 0.25) is 0 Å². The van der Waals surface area contributed by atoms with Crippen LogP contribution in [0.2, 0.25) is 0 Å².